The van der Waals surface area contributed by atoms with E-state index in [0.29, 0.717) is 34.9 Å². The molecule has 0 atom stereocenters. The summed E-state index contributed by atoms with van der Waals surface area (Å²) in [6.45, 7) is 3.94. The first-order valence-corrected chi connectivity index (χ1v) is 10.2. The molecule has 3 aromatic rings. The molecule has 0 aliphatic carbocycles. The Balaban J connectivity index is 1.60. The highest BCUT2D eigenvalue weighted by atomic mass is 32.1. The zero-order chi connectivity index (χ0) is 21.5. The minimum Gasteiger partial charge on any atom is -0.355 e. The monoisotopic (exact) mass is 422 g/mol. The quantitative estimate of drug-likeness (QED) is 0.509. The number of aromatic nitrogens is 1. The van der Waals surface area contributed by atoms with Gasteiger partial charge < -0.3 is 16.0 Å². The number of amides is 3. The lowest BCUT2D eigenvalue weighted by atomic mass is 10.2. The number of aryl methyl sites for hydroxylation is 1. The Bertz CT molecular complexity index is 1050. The predicted molar refractivity (Wildman–Crippen MR) is 118 cm³/mol. The smallest absolute Gasteiger partial charge is 0.267 e. The molecule has 0 saturated carbocycles. The van der Waals surface area contributed by atoms with Crippen molar-refractivity contribution in [2.24, 2.45) is 0 Å². The molecule has 3 amide bonds. The van der Waals surface area contributed by atoms with Crippen LogP contribution in [-0.4, -0.2) is 35.8 Å². The molecule has 7 nitrogen and oxygen atoms in total. The molecule has 0 spiro atoms. The molecule has 8 heteroatoms. The Labute approximate surface area is 178 Å². The molecular weight excluding hydrogens is 400 g/mol. The fourth-order valence-electron chi connectivity index (χ4n) is 2.72. The van der Waals surface area contributed by atoms with E-state index in [0.717, 1.165) is 10.6 Å². The Hall–Kier alpha value is -3.52. The third-order valence-electron chi connectivity index (χ3n) is 4.21. The van der Waals surface area contributed by atoms with Gasteiger partial charge in [-0.05, 0) is 31.2 Å². The Morgan fingerprint density at radius 2 is 1.57 bits per heavy atom. The Morgan fingerprint density at radius 1 is 0.900 bits per heavy atom. The van der Waals surface area contributed by atoms with E-state index < -0.39 is 0 Å². The van der Waals surface area contributed by atoms with E-state index in [-0.39, 0.29) is 17.7 Å². The van der Waals surface area contributed by atoms with Crippen LogP contribution in [0.5, 0.6) is 0 Å². The number of rotatable bonds is 7. The highest BCUT2D eigenvalue weighted by Crippen LogP contribution is 2.28. The molecule has 3 rings (SSSR count). The van der Waals surface area contributed by atoms with Gasteiger partial charge in [-0.1, -0.05) is 30.3 Å². The van der Waals surface area contributed by atoms with E-state index in [9.17, 15) is 14.4 Å². The van der Waals surface area contributed by atoms with Crippen molar-refractivity contribution in [3.8, 4) is 10.6 Å². The lowest BCUT2D eigenvalue weighted by Gasteiger charge is -2.07. The van der Waals surface area contributed by atoms with E-state index in [4.69, 9.17) is 0 Å². The topological polar surface area (TPSA) is 100 Å². The van der Waals surface area contributed by atoms with Crippen LogP contribution in [0.15, 0.2) is 54.6 Å². The molecule has 154 valence electrons. The summed E-state index contributed by atoms with van der Waals surface area (Å²) in [5.74, 6) is -0.625. The van der Waals surface area contributed by atoms with Crippen LogP contribution >= 0.6 is 11.3 Å². The van der Waals surface area contributed by atoms with Crippen LogP contribution < -0.4 is 16.0 Å². The number of hydrogen-bond donors (Lipinski definition) is 3. The van der Waals surface area contributed by atoms with Crippen LogP contribution in [0, 0.1) is 6.92 Å². The number of nitrogens with zero attached hydrogens (tertiary/aromatic N) is 1. The second kappa shape index (κ2) is 9.80. The van der Waals surface area contributed by atoms with Crippen molar-refractivity contribution in [1.29, 1.82) is 0 Å². The van der Waals surface area contributed by atoms with Crippen LogP contribution in [0.1, 0.15) is 32.6 Å². The van der Waals surface area contributed by atoms with Gasteiger partial charge >= 0.3 is 0 Å². The van der Waals surface area contributed by atoms with E-state index in [2.05, 4.69) is 20.9 Å². The molecule has 0 saturated heterocycles. The standard InChI is InChI=1S/C22H22N4O3S/c1-14-19(30-22(25-14)17-6-4-3-5-7-17)21(29)26-18-10-8-16(9-11-18)20(28)24-13-12-23-15(2)27/h3-11H,12-13H2,1-2H3,(H,23,27)(H,24,28)(H,26,29). The number of carbonyl (C=O) groups is 3. The van der Waals surface area contributed by atoms with Crippen LogP contribution in [0.4, 0.5) is 5.69 Å². The molecule has 0 fully saturated rings. The third kappa shape index (κ3) is 5.51. The van der Waals surface area contributed by atoms with Gasteiger partial charge in [0.05, 0.1) is 5.69 Å². The van der Waals surface area contributed by atoms with Gasteiger partial charge in [-0.3, -0.25) is 14.4 Å². The summed E-state index contributed by atoms with van der Waals surface area (Å²) in [6, 6.07) is 16.3. The average Bonchev–Trinajstić information content (AvgIpc) is 3.14. The van der Waals surface area contributed by atoms with E-state index in [1.807, 2.05) is 37.3 Å². The van der Waals surface area contributed by atoms with E-state index in [1.165, 1.54) is 18.3 Å². The Morgan fingerprint density at radius 3 is 2.23 bits per heavy atom. The number of hydrogen-bond acceptors (Lipinski definition) is 5. The first-order valence-electron chi connectivity index (χ1n) is 9.41. The maximum Gasteiger partial charge on any atom is 0.267 e. The van der Waals surface area contributed by atoms with Crippen LogP contribution in [-0.2, 0) is 4.79 Å². The summed E-state index contributed by atoms with van der Waals surface area (Å²) in [7, 11) is 0. The molecule has 1 aromatic heterocycles. The van der Waals surface area contributed by atoms with Gasteiger partial charge in [0.25, 0.3) is 11.8 Å². The molecule has 0 bridgehead atoms. The zero-order valence-corrected chi connectivity index (χ0v) is 17.5. The van der Waals surface area contributed by atoms with Gasteiger partial charge in [-0.25, -0.2) is 4.98 Å². The van der Waals surface area contributed by atoms with Crippen molar-refractivity contribution in [2.45, 2.75) is 13.8 Å². The molecule has 0 aliphatic heterocycles. The van der Waals surface area contributed by atoms with Crippen molar-refractivity contribution >= 4 is 34.7 Å². The lowest BCUT2D eigenvalue weighted by Crippen LogP contribution is -2.33. The maximum atomic E-state index is 12.7. The third-order valence-corrected chi connectivity index (χ3v) is 5.42. The van der Waals surface area contributed by atoms with Crippen LogP contribution in [0.3, 0.4) is 0 Å². The SMILES string of the molecule is CC(=O)NCCNC(=O)c1ccc(NC(=O)c2sc(-c3ccccc3)nc2C)cc1. The molecule has 0 aliphatic rings. The summed E-state index contributed by atoms with van der Waals surface area (Å²) >= 11 is 1.34. The molecule has 0 unspecified atom stereocenters. The van der Waals surface area contributed by atoms with Crippen molar-refractivity contribution in [2.75, 3.05) is 18.4 Å². The summed E-state index contributed by atoms with van der Waals surface area (Å²) in [4.78, 5) is 40.7. The second-order valence-electron chi connectivity index (χ2n) is 6.57. The highest BCUT2D eigenvalue weighted by molar-refractivity contribution is 7.17. The van der Waals surface area contributed by atoms with Gasteiger partial charge in [-0.15, -0.1) is 11.3 Å². The van der Waals surface area contributed by atoms with Gasteiger partial charge in [0.2, 0.25) is 5.91 Å². The van der Waals surface area contributed by atoms with Crippen molar-refractivity contribution in [3.05, 3.63) is 70.7 Å². The normalized spacial score (nSPS) is 10.3. The van der Waals surface area contributed by atoms with Gasteiger partial charge in [0.1, 0.15) is 9.88 Å². The number of anilines is 1. The number of benzene rings is 2. The highest BCUT2D eigenvalue weighted by Gasteiger charge is 2.16. The van der Waals surface area contributed by atoms with Crippen molar-refractivity contribution in [1.82, 2.24) is 15.6 Å². The number of nitrogens with one attached hydrogen (secondary N) is 3. The average molecular weight is 423 g/mol. The first kappa shape index (κ1) is 21.2. The molecule has 30 heavy (non-hydrogen) atoms. The van der Waals surface area contributed by atoms with Crippen molar-refractivity contribution in [3.63, 3.8) is 0 Å². The molecule has 3 N–H and O–H groups in total. The Kier molecular flexibility index (Phi) is 6.92. The van der Waals surface area contributed by atoms with Gasteiger partial charge in [0.15, 0.2) is 0 Å². The minimum absolute atomic E-state index is 0.142. The minimum atomic E-state index is -0.246. The molecular formula is C22H22N4O3S. The first-order chi connectivity index (χ1) is 14.4. The largest absolute Gasteiger partial charge is 0.355 e. The number of carbonyl (C=O) groups excluding carboxylic acids is 3. The fraction of sp³-hybridized carbons (Fsp3) is 0.182. The van der Waals surface area contributed by atoms with Crippen LogP contribution in [0.25, 0.3) is 10.6 Å². The van der Waals surface area contributed by atoms with Crippen molar-refractivity contribution < 1.29 is 14.4 Å². The molecule has 1 heterocycles. The summed E-state index contributed by atoms with van der Waals surface area (Å²) in [5.41, 5.74) is 2.70. The molecule has 0 radical (unpaired) electrons. The summed E-state index contributed by atoms with van der Waals surface area (Å²) < 4.78 is 0. The second-order valence-corrected chi connectivity index (χ2v) is 7.57. The predicted octanol–water partition coefficient (Wildman–Crippen LogP) is 3.24. The van der Waals surface area contributed by atoms with Crippen LogP contribution in [0.2, 0.25) is 0 Å². The van der Waals surface area contributed by atoms with E-state index in [1.54, 1.807) is 24.3 Å². The molecule has 2 aromatic carbocycles. The van der Waals surface area contributed by atoms with Gasteiger partial charge in [-0.2, -0.15) is 0 Å². The van der Waals surface area contributed by atoms with E-state index >= 15 is 0 Å². The number of thiazole rings is 1. The zero-order valence-electron chi connectivity index (χ0n) is 16.7. The maximum absolute atomic E-state index is 12.7. The lowest BCUT2D eigenvalue weighted by molar-refractivity contribution is -0.118. The summed E-state index contributed by atoms with van der Waals surface area (Å²) in [5, 5.41) is 8.97. The van der Waals surface area contributed by atoms with Gasteiger partial charge in [0, 0.05) is 36.8 Å². The fourth-order valence-corrected chi connectivity index (χ4v) is 3.69. The summed E-state index contributed by atoms with van der Waals surface area (Å²) in [6.07, 6.45) is 0.